The number of carbonyl (C=O) groups is 2. The molecular weight excluding hydrogens is 468 g/mol. The van der Waals surface area contributed by atoms with E-state index >= 15 is 0 Å². The maximum Gasteiger partial charge on any atom is 0.357 e. The molecule has 1 aliphatic rings. The minimum absolute atomic E-state index is 0.211. The maximum absolute atomic E-state index is 13.1. The monoisotopic (exact) mass is 496 g/mol. The molecule has 1 aromatic heterocycles. The summed E-state index contributed by atoms with van der Waals surface area (Å²) >= 11 is 0. The zero-order valence-electron chi connectivity index (χ0n) is 20.6. The molecule has 0 aliphatic carbocycles. The third-order valence-electron chi connectivity index (χ3n) is 6.39. The number of esters is 1. The number of rotatable bonds is 7. The largest absolute Gasteiger partial charge is 0.497 e. The van der Waals surface area contributed by atoms with Crippen LogP contribution >= 0.6 is 0 Å². The van der Waals surface area contributed by atoms with Gasteiger partial charge in [-0.3, -0.25) is 4.79 Å². The van der Waals surface area contributed by atoms with E-state index in [0.29, 0.717) is 31.9 Å². The highest BCUT2D eigenvalue weighted by Gasteiger charge is 2.24. The number of anilines is 1. The van der Waals surface area contributed by atoms with E-state index in [1.807, 2.05) is 84.9 Å². The number of carbonyl (C=O) groups excluding carboxylic acids is 2. The lowest BCUT2D eigenvalue weighted by molar-refractivity contribution is -0.134. The molecule has 1 saturated heterocycles. The van der Waals surface area contributed by atoms with Crippen LogP contribution in [-0.2, 0) is 9.53 Å². The molecule has 1 fully saturated rings. The van der Waals surface area contributed by atoms with E-state index in [2.05, 4.69) is 10.00 Å². The number of amides is 1. The molecule has 0 atom stereocenters. The lowest BCUT2D eigenvalue weighted by Crippen LogP contribution is -2.49. The van der Waals surface area contributed by atoms with Gasteiger partial charge in [0.1, 0.15) is 5.75 Å². The molecule has 0 unspecified atom stereocenters. The van der Waals surface area contributed by atoms with Crippen LogP contribution in [0, 0.1) is 0 Å². The average Bonchev–Trinajstić information content (AvgIpc) is 3.43. The van der Waals surface area contributed by atoms with Gasteiger partial charge in [0.05, 0.1) is 18.5 Å². The van der Waals surface area contributed by atoms with Crippen LogP contribution in [0.15, 0.2) is 91.0 Å². The molecule has 1 aliphatic heterocycles. The molecule has 4 aromatic rings. The fraction of sp³-hybridized carbons (Fsp3) is 0.207. The Morgan fingerprint density at radius 3 is 2.11 bits per heavy atom. The van der Waals surface area contributed by atoms with E-state index < -0.39 is 5.97 Å². The van der Waals surface area contributed by atoms with Crippen molar-refractivity contribution in [2.45, 2.75) is 0 Å². The summed E-state index contributed by atoms with van der Waals surface area (Å²) in [5.41, 5.74) is 3.62. The van der Waals surface area contributed by atoms with Gasteiger partial charge in [0.15, 0.2) is 12.3 Å². The van der Waals surface area contributed by atoms with Crippen LogP contribution in [0.4, 0.5) is 5.69 Å². The molecule has 8 nitrogen and oxygen atoms in total. The van der Waals surface area contributed by atoms with E-state index in [1.54, 1.807) is 22.8 Å². The standard InChI is InChI=1S/C29H28N4O4/c1-36-25-14-12-23(13-15-25)31-16-18-32(19-17-31)28(34)21-37-29(35)27-20-26(22-8-4-2-5-9-22)30-33(27)24-10-6-3-7-11-24/h2-15,20H,16-19,21H2,1H3. The van der Waals surface area contributed by atoms with Gasteiger partial charge in [0.2, 0.25) is 0 Å². The van der Waals surface area contributed by atoms with Crippen molar-refractivity contribution in [1.29, 1.82) is 0 Å². The van der Waals surface area contributed by atoms with Crippen LogP contribution in [0.3, 0.4) is 0 Å². The Morgan fingerprint density at radius 1 is 0.811 bits per heavy atom. The van der Waals surface area contributed by atoms with E-state index in [4.69, 9.17) is 9.47 Å². The normalized spacial score (nSPS) is 13.3. The fourth-order valence-corrected chi connectivity index (χ4v) is 4.34. The van der Waals surface area contributed by atoms with Crippen molar-refractivity contribution in [3.63, 3.8) is 0 Å². The zero-order valence-corrected chi connectivity index (χ0v) is 20.6. The number of methoxy groups -OCH3 is 1. The number of nitrogens with zero attached hydrogens (tertiary/aromatic N) is 4. The molecule has 8 heteroatoms. The molecule has 37 heavy (non-hydrogen) atoms. The smallest absolute Gasteiger partial charge is 0.357 e. The molecule has 0 radical (unpaired) electrons. The second kappa shape index (κ2) is 11.0. The highest BCUT2D eigenvalue weighted by atomic mass is 16.5. The Balaban J connectivity index is 1.23. The first-order valence-electron chi connectivity index (χ1n) is 12.2. The Hall–Kier alpha value is -4.59. The average molecular weight is 497 g/mol. The zero-order chi connectivity index (χ0) is 25.6. The van der Waals surface area contributed by atoms with Crippen molar-refractivity contribution in [2.75, 3.05) is 44.8 Å². The van der Waals surface area contributed by atoms with Crippen molar-refractivity contribution in [3.8, 4) is 22.7 Å². The minimum Gasteiger partial charge on any atom is -0.497 e. The topological polar surface area (TPSA) is 76.9 Å². The van der Waals surface area contributed by atoms with Crippen molar-refractivity contribution >= 4 is 17.6 Å². The fourth-order valence-electron chi connectivity index (χ4n) is 4.34. The van der Waals surface area contributed by atoms with Crippen molar-refractivity contribution in [1.82, 2.24) is 14.7 Å². The first-order valence-corrected chi connectivity index (χ1v) is 12.2. The SMILES string of the molecule is COc1ccc(N2CCN(C(=O)COC(=O)c3cc(-c4ccccc4)nn3-c3ccccc3)CC2)cc1. The van der Waals surface area contributed by atoms with Gasteiger partial charge < -0.3 is 19.3 Å². The number of aromatic nitrogens is 2. The van der Waals surface area contributed by atoms with Crippen molar-refractivity contribution < 1.29 is 19.1 Å². The number of hydrogen-bond donors (Lipinski definition) is 0. The van der Waals surface area contributed by atoms with Gasteiger partial charge in [-0.2, -0.15) is 5.10 Å². The Labute approximate surface area is 215 Å². The molecule has 1 amide bonds. The minimum atomic E-state index is -0.594. The molecule has 0 saturated carbocycles. The summed E-state index contributed by atoms with van der Waals surface area (Å²) in [6.45, 7) is 2.20. The second-order valence-electron chi connectivity index (χ2n) is 8.67. The Kier molecular flexibility index (Phi) is 7.16. The van der Waals surface area contributed by atoms with E-state index in [0.717, 1.165) is 22.7 Å². The Bertz CT molecular complexity index is 1350. The second-order valence-corrected chi connectivity index (χ2v) is 8.67. The summed E-state index contributed by atoms with van der Waals surface area (Å²) in [4.78, 5) is 29.9. The summed E-state index contributed by atoms with van der Waals surface area (Å²) in [6, 6.07) is 28.6. The van der Waals surface area contributed by atoms with Crippen LogP contribution in [-0.4, -0.2) is 66.5 Å². The molecule has 3 aromatic carbocycles. The first kappa shape index (κ1) is 24.1. The number of para-hydroxylation sites is 1. The van der Waals surface area contributed by atoms with Crippen LogP contribution in [0.5, 0.6) is 5.75 Å². The van der Waals surface area contributed by atoms with Crippen LogP contribution < -0.4 is 9.64 Å². The molecule has 0 spiro atoms. The lowest BCUT2D eigenvalue weighted by atomic mass is 10.1. The molecule has 0 N–H and O–H groups in total. The van der Waals surface area contributed by atoms with E-state index in [1.165, 1.54) is 0 Å². The number of piperazine rings is 1. The number of ether oxygens (including phenoxy) is 2. The van der Waals surface area contributed by atoms with Crippen LogP contribution in [0.25, 0.3) is 16.9 Å². The molecular formula is C29H28N4O4. The van der Waals surface area contributed by atoms with E-state index in [-0.39, 0.29) is 18.2 Å². The van der Waals surface area contributed by atoms with Gasteiger partial charge >= 0.3 is 5.97 Å². The van der Waals surface area contributed by atoms with Gasteiger partial charge in [0.25, 0.3) is 5.91 Å². The molecule has 5 rings (SSSR count). The van der Waals surface area contributed by atoms with Gasteiger partial charge in [-0.05, 0) is 42.5 Å². The summed E-state index contributed by atoms with van der Waals surface area (Å²) < 4.78 is 12.3. The summed E-state index contributed by atoms with van der Waals surface area (Å²) in [5.74, 6) is 0.00409. The highest BCUT2D eigenvalue weighted by Crippen LogP contribution is 2.23. The maximum atomic E-state index is 13.1. The Morgan fingerprint density at radius 2 is 1.46 bits per heavy atom. The lowest BCUT2D eigenvalue weighted by Gasteiger charge is -2.36. The third kappa shape index (κ3) is 5.48. The van der Waals surface area contributed by atoms with Crippen LogP contribution in [0.1, 0.15) is 10.5 Å². The predicted octanol–water partition coefficient (Wildman–Crippen LogP) is 4.05. The quantitative estimate of drug-likeness (QED) is 0.359. The summed E-state index contributed by atoms with van der Waals surface area (Å²) in [5, 5.41) is 4.64. The molecule has 2 heterocycles. The first-order chi connectivity index (χ1) is 18.1. The predicted molar refractivity (Wildman–Crippen MR) is 141 cm³/mol. The van der Waals surface area contributed by atoms with Gasteiger partial charge in [-0.25, -0.2) is 9.48 Å². The molecule has 0 bridgehead atoms. The third-order valence-corrected chi connectivity index (χ3v) is 6.39. The van der Waals surface area contributed by atoms with Gasteiger partial charge in [-0.1, -0.05) is 48.5 Å². The van der Waals surface area contributed by atoms with Gasteiger partial charge in [-0.15, -0.1) is 0 Å². The summed E-state index contributed by atoms with van der Waals surface area (Å²) in [7, 11) is 1.64. The van der Waals surface area contributed by atoms with Gasteiger partial charge in [0, 0.05) is 37.4 Å². The highest BCUT2D eigenvalue weighted by molar-refractivity contribution is 5.91. The van der Waals surface area contributed by atoms with Crippen molar-refractivity contribution in [3.05, 3.63) is 96.7 Å². The number of benzene rings is 3. The summed E-state index contributed by atoms with van der Waals surface area (Å²) in [6.07, 6.45) is 0. The van der Waals surface area contributed by atoms with Crippen LogP contribution in [0.2, 0.25) is 0 Å². The number of hydrogen-bond acceptors (Lipinski definition) is 6. The molecule has 188 valence electrons. The van der Waals surface area contributed by atoms with E-state index in [9.17, 15) is 9.59 Å². The van der Waals surface area contributed by atoms with Crippen molar-refractivity contribution in [2.24, 2.45) is 0 Å².